The number of pyridine rings is 1. The second kappa shape index (κ2) is 15.2. The molecule has 2 bridgehead atoms. The van der Waals surface area contributed by atoms with Gasteiger partial charge in [-0.25, -0.2) is 13.2 Å². The molecule has 0 spiro atoms. The third-order valence-electron chi connectivity index (χ3n) is 9.68. The van der Waals surface area contributed by atoms with Gasteiger partial charge in [0.1, 0.15) is 23.5 Å². The number of fused-ring (bicyclic) bond motifs is 2. The van der Waals surface area contributed by atoms with Crippen molar-refractivity contribution in [2.75, 3.05) is 19.7 Å². The summed E-state index contributed by atoms with van der Waals surface area (Å²) < 4.78 is 95.6. The summed E-state index contributed by atoms with van der Waals surface area (Å²) in [5, 5.41) is 12.2. The van der Waals surface area contributed by atoms with Crippen molar-refractivity contribution in [2.45, 2.75) is 83.8 Å². The van der Waals surface area contributed by atoms with Gasteiger partial charge in [0.05, 0.1) is 36.3 Å². The first kappa shape index (κ1) is 38.6. The maximum Gasteiger partial charge on any atom is 0.416 e. The van der Waals surface area contributed by atoms with Gasteiger partial charge in [0.25, 0.3) is 5.56 Å². The molecule has 14 heteroatoms. The van der Waals surface area contributed by atoms with E-state index in [1.807, 2.05) is 4.90 Å². The molecule has 3 heterocycles. The van der Waals surface area contributed by atoms with Crippen molar-refractivity contribution in [1.82, 2.24) is 14.8 Å². The van der Waals surface area contributed by atoms with Crippen molar-refractivity contribution in [1.29, 1.82) is 0 Å². The molecular weight excluding hydrogens is 692 g/mol. The summed E-state index contributed by atoms with van der Waals surface area (Å²) in [5.74, 6) is -3.99. The highest BCUT2D eigenvalue weighted by atomic mass is 19.4. The molecule has 8 nitrogen and oxygen atoms in total. The Balaban J connectivity index is 1.57. The fraction of sp³-hybridized carbons (Fsp3) is 0.447. The van der Waals surface area contributed by atoms with E-state index >= 15 is 8.78 Å². The first-order chi connectivity index (χ1) is 24.4. The zero-order valence-electron chi connectivity index (χ0n) is 29.0. The molecule has 2 aliphatic rings. The maximum atomic E-state index is 16.5. The Bertz CT molecular complexity index is 1960. The highest BCUT2D eigenvalue weighted by Gasteiger charge is 2.40. The highest BCUT2D eigenvalue weighted by molar-refractivity contribution is 5.82. The van der Waals surface area contributed by atoms with Gasteiger partial charge in [0, 0.05) is 42.5 Å². The Kier molecular flexibility index (Phi) is 11.3. The van der Waals surface area contributed by atoms with Gasteiger partial charge in [0.15, 0.2) is 0 Å². The zero-order chi connectivity index (χ0) is 38.2. The quantitative estimate of drug-likeness (QED) is 0.163. The minimum Gasteiger partial charge on any atom is -0.481 e. The SMILES string of the molecule is C#Cc1cc(-c2c(C)cc(F)cc2C)c(F)c(C(CC(=O)O)NC(=O)C(CC(C)C)n2cc(CCN3C[C@H]4C[C@@H]3CO4)c(C(F)(F)F)cc2=O)c1F. The normalized spacial score (nSPS) is 18.4. The first-order valence-electron chi connectivity index (χ1n) is 16.8. The number of carbonyl (C=O) groups excluding carboxylic acids is 1. The number of carboxylic acids is 1. The Labute approximate surface area is 296 Å². The van der Waals surface area contributed by atoms with Crippen LogP contribution in [0.25, 0.3) is 11.1 Å². The van der Waals surface area contributed by atoms with Crippen molar-refractivity contribution in [3.05, 3.63) is 91.6 Å². The van der Waals surface area contributed by atoms with E-state index in [0.717, 1.165) is 35.4 Å². The number of carbonyl (C=O) groups is 2. The molecule has 0 aliphatic carbocycles. The van der Waals surface area contributed by atoms with E-state index in [9.17, 15) is 37.1 Å². The summed E-state index contributed by atoms with van der Waals surface area (Å²) in [4.78, 5) is 41.5. The predicted octanol–water partition coefficient (Wildman–Crippen LogP) is 6.48. The van der Waals surface area contributed by atoms with Crippen molar-refractivity contribution in [3.63, 3.8) is 0 Å². The molecule has 5 rings (SSSR count). The molecule has 2 unspecified atom stereocenters. The predicted molar refractivity (Wildman–Crippen MR) is 180 cm³/mol. The van der Waals surface area contributed by atoms with Gasteiger partial charge in [-0.05, 0) is 79.5 Å². The van der Waals surface area contributed by atoms with Gasteiger partial charge in [-0.3, -0.25) is 19.3 Å². The van der Waals surface area contributed by atoms with Crippen LogP contribution in [0.1, 0.15) is 78.6 Å². The number of nitrogens with zero attached hydrogens (tertiary/aromatic N) is 2. The number of aryl methyl sites for hydroxylation is 2. The van der Waals surface area contributed by atoms with Gasteiger partial charge < -0.3 is 19.7 Å². The molecule has 1 amide bonds. The van der Waals surface area contributed by atoms with Crippen LogP contribution < -0.4 is 10.9 Å². The summed E-state index contributed by atoms with van der Waals surface area (Å²) in [6.07, 6.45) is 1.22. The summed E-state index contributed by atoms with van der Waals surface area (Å²) in [6, 6.07) is 0.418. The fourth-order valence-corrected chi connectivity index (χ4v) is 7.36. The van der Waals surface area contributed by atoms with Crippen molar-refractivity contribution in [2.24, 2.45) is 5.92 Å². The van der Waals surface area contributed by atoms with Crippen LogP contribution in [0.3, 0.4) is 0 Å². The number of terminal acetylenes is 1. The third-order valence-corrected chi connectivity index (χ3v) is 9.68. The molecule has 1 aromatic heterocycles. The van der Waals surface area contributed by atoms with Crippen LogP contribution in [0.5, 0.6) is 0 Å². The van der Waals surface area contributed by atoms with Crippen molar-refractivity contribution >= 4 is 11.9 Å². The van der Waals surface area contributed by atoms with E-state index in [-0.39, 0.29) is 65.3 Å². The Morgan fingerprint density at radius 3 is 2.31 bits per heavy atom. The van der Waals surface area contributed by atoms with Crippen molar-refractivity contribution < 1.29 is 45.8 Å². The molecule has 2 N–H and O–H groups in total. The summed E-state index contributed by atoms with van der Waals surface area (Å²) >= 11 is 0. The molecule has 0 radical (unpaired) electrons. The monoisotopic (exact) mass is 731 g/mol. The number of halogens is 6. The number of hydrogen-bond donors (Lipinski definition) is 2. The molecule has 2 saturated heterocycles. The number of aliphatic carboxylic acids is 1. The molecule has 3 aromatic rings. The van der Waals surface area contributed by atoms with Gasteiger partial charge >= 0.3 is 12.1 Å². The van der Waals surface area contributed by atoms with E-state index in [2.05, 4.69) is 11.2 Å². The zero-order valence-corrected chi connectivity index (χ0v) is 29.0. The van der Waals surface area contributed by atoms with Crippen LogP contribution >= 0.6 is 0 Å². The number of nitrogens with one attached hydrogen (secondary N) is 1. The number of likely N-dealkylation sites (tertiary alicyclic amines) is 1. The second-order valence-corrected chi connectivity index (χ2v) is 13.9. The van der Waals surface area contributed by atoms with Crippen molar-refractivity contribution in [3.8, 4) is 23.5 Å². The Morgan fingerprint density at radius 1 is 1.10 bits per heavy atom. The molecule has 4 atom stereocenters. The number of morpholine rings is 1. The largest absolute Gasteiger partial charge is 0.481 e. The van der Waals surface area contributed by atoms with Gasteiger partial charge in [0.2, 0.25) is 5.91 Å². The smallest absolute Gasteiger partial charge is 0.416 e. The lowest BCUT2D eigenvalue weighted by Crippen LogP contribution is -2.41. The Morgan fingerprint density at radius 2 is 1.77 bits per heavy atom. The number of aromatic nitrogens is 1. The van der Waals surface area contributed by atoms with E-state index in [1.54, 1.807) is 13.8 Å². The summed E-state index contributed by atoms with van der Waals surface area (Å²) in [6.45, 7) is 7.67. The fourth-order valence-electron chi connectivity index (χ4n) is 7.36. The lowest BCUT2D eigenvalue weighted by Gasteiger charge is -2.28. The Hall–Kier alpha value is -4.61. The van der Waals surface area contributed by atoms with Crippen LogP contribution in [-0.2, 0) is 26.9 Å². The minimum absolute atomic E-state index is 0.00900. The molecular formula is C38H39F6N3O5. The first-order valence-corrected chi connectivity index (χ1v) is 16.8. The van der Waals surface area contributed by atoms with E-state index in [0.29, 0.717) is 19.2 Å². The lowest BCUT2D eigenvalue weighted by atomic mass is 9.89. The van der Waals surface area contributed by atoms with Crippen LogP contribution in [0.15, 0.2) is 35.3 Å². The molecule has 2 aromatic carbocycles. The molecule has 2 fully saturated rings. The topological polar surface area (TPSA) is 101 Å². The average molecular weight is 732 g/mol. The molecule has 52 heavy (non-hydrogen) atoms. The minimum atomic E-state index is -4.88. The van der Waals surface area contributed by atoms with Gasteiger partial charge in [-0.2, -0.15) is 13.2 Å². The maximum absolute atomic E-state index is 16.5. The highest BCUT2D eigenvalue weighted by Crippen LogP contribution is 2.38. The van der Waals surface area contributed by atoms with Gasteiger partial charge in [-0.1, -0.05) is 19.8 Å². The number of benzene rings is 2. The number of hydrogen-bond acceptors (Lipinski definition) is 5. The number of rotatable bonds is 12. The summed E-state index contributed by atoms with van der Waals surface area (Å²) in [5.41, 5.74) is -3.39. The standard InChI is InChI=1S/C38H39F6N3O5/c1-6-22-12-27(33-20(4)10-24(39)11-21(33)5)36(41)34(35(22)40)29(15-32(49)50)45-37(51)30(9-19(2)3)47-16-23(28(14-31(47)48)38(42,43)44)7-8-46-17-26-13-25(46)18-52-26/h1,10-12,14,16,19,25-26,29-30H,7-9,13,15,17-18H2,2-5H3,(H,45,51)(H,49,50)/t25-,26-,29?,30?/m1/s1. The van der Waals surface area contributed by atoms with E-state index < -0.39 is 76.3 Å². The third kappa shape index (κ3) is 8.05. The number of carboxylic acid groups (broad SMARTS) is 1. The van der Waals surface area contributed by atoms with Gasteiger partial charge in [-0.15, -0.1) is 6.42 Å². The molecule has 278 valence electrons. The second-order valence-electron chi connectivity index (χ2n) is 13.9. The van der Waals surface area contributed by atoms with E-state index in [4.69, 9.17) is 11.2 Å². The number of amides is 1. The van der Waals surface area contributed by atoms with Crippen LogP contribution in [0, 0.1) is 49.6 Å². The molecule has 0 saturated carbocycles. The van der Waals surface area contributed by atoms with Crippen LogP contribution in [0.2, 0.25) is 0 Å². The number of ether oxygens (including phenoxy) is 1. The average Bonchev–Trinajstić information content (AvgIpc) is 3.66. The summed E-state index contributed by atoms with van der Waals surface area (Å²) in [7, 11) is 0. The number of alkyl halides is 3. The van der Waals surface area contributed by atoms with E-state index in [1.165, 1.54) is 13.8 Å². The van der Waals surface area contributed by atoms with Crippen LogP contribution in [-0.4, -0.2) is 58.3 Å². The van der Waals surface area contributed by atoms with Crippen LogP contribution in [0.4, 0.5) is 26.3 Å². The lowest BCUT2D eigenvalue weighted by molar-refractivity contribution is -0.139. The molecule has 2 aliphatic heterocycles.